The van der Waals surface area contributed by atoms with Crippen LogP contribution in [0.3, 0.4) is 0 Å². The van der Waals surface area contributed by atoms with E-state index < -0.39 is 0 Å². The van der Waals surface area contributed by atoms with Crippen molar-refractivity contribution in [2.24, 2.45) is 5.73 Å². The van der Waals surface area contributed by atoms with Crippen LogP contribution in [-0.4, -0.2) is 20.3 Å². The highest BCUT2D eigenvalue weighted by atomic mass is 79.9. The summed E-state index contributed by atoms with van der Waals surface area (Å²) >= 11 is 4.84. The van der Waals surface area contributed by atoms with Gasteiger partial charge in [0, 0.05) is 6.07 Å². The number of ether oxygens (including phenoxy) is 2. The molecule has 0 atom stereocenters. The molecule has 0 saturated carbocycles. The Balaban J connectivity index is 2.48. The lowest BCUT2D eigenvalue weighted by molar-refractivity contribution is 0.322. The molecule has 0 amide bonds. The summed E-state index contributed by atoms with van der Waals surface area (Å²) in [5.74, 6) is 0. The summed E-state index contributed by atoms with van der Waals surface area (Å²) in [6, 6.07) is 1.90. The van der Waals surface area contributed by atoms with Crippen molar-refractivity contribution in [3.63, 3.8) is 0 Å². The first-order chi connectivity index (χ1) is 6.27. The molecular weight excluding hydrogens is 254 g/mol. The number of nitrogens with two attached hydrogens (primary N) is 1. The summed E-state index contributed by atoms with van der Waals surface area (Å²) in [4.78, 5) is 0. The maximum absolute atomic E-state index is 5.44. The average molecular weight is 266 g/mol. The van der Waals surface area contributed by atoms with Gasteiger partial charge in [0.25, 0.3) is 0 Å². The second-order valence-corrected chi connectivity index (χ2v) is 4.23. The van der Waals surface area contributed by atoms with E-state index in [1.165, 1.54) is 11.3 Å². The van der Waals surface area contributed by atoms with Crippen molar-refractivity contribution >= 4 is 27.3 Å². The number of thiophene rings is 1. The maximum atomic E-state index is 5.44. The van der Waals surface area contributed by atoms with Gasteiger partial charge in [-0.05, 0) is 28.9 Å². The Labute approximate surface area is 90.0 Å². The van der Waals surface area contributed by atoms with E-state index in [-0.39, 0.29) is 0 Å². The first kappa shape index (κ1) is 10.8. The predicted octanol–water partition coefficient (Wildman–Crippen LogP) is 2.25. The Kier molecular flexibility index (Phi) is 4.55. The first-order valence-corrected chi connectivity index (χ1v) is 5.55. The molecule has 0 aromatic carbocycles. The molecule has 0 aliphatic carbocycles. The largest absolute Gasteiger partial charge is 0.486 e. The predicted molar refractivity (Wildman–Crippen MR) is 57.7 cm³/mol. The summed E-state index contributed by atoms with van der Waals surface area (Å²) in [6.07, 6.45) is 0.873. The quantitative estimate of drug-likeness (QED) is 0.831. The Bertz CT molecular complexity index is 265. The SMILES string of the molecule is COc1sc(OCCCN)cc1Br. The van der Waals surface area contributed by atoms with Crippen LogP contribution in [0.2, 0.25) is 0 Å². The third-order valence-electron chi connectivity index (χ3n) is 1.41. The zero-order valence-corrected chi connectivity index (χ0v) is 9.78. The van der Waals surface area contributed by atoms with Crippen LogP contribution in [0.15, 0.2) is 10.5 Å². The van der Waals surface area contributed by atoms with Crippen LogP contribution in [0, 0.1) is 0 Å². The molecule has 0 fully saturated rings. The lowest BCUT2D eigenvalue weighted by Crippen LogP contribution is -2.05. The zero-order chi connectivity index (χ0) is 9.68. The van der Waals surface area contributed by atoms with Gasteiger partial charge in [0.1, 0.15) is 0 Å². The van der Waals surface area contributed by atoms with E-state index >= 15 is 0 Å². The van der Waals surface area contributed by atoms with E-state index in [4.69, 9.17) is 15.2 Å². The number of methoxy groups -OCH3 is 1. The van der Waals surface area contributed by atoms with Crippen molar-refractivity contribution in [2.45, 2.75) is 6.42 Å². The fraction of sp³-hybridized carbons (Fsp3) is 0.500. The van der Waals surface area contributed by atoms with Gasteiger partial charge in [-0.15, -0.1) is 0 Å². The first-order valence-electron chi connectivity index (χ1n) is 3.94. The monoisotopic (exact) mass is 265 g/mol. The van der Waals surface area contributed by atoms with Crippen LogP contribution < -0.4 is 15.2 Å². The van der Waals surface area contributed by atoms with Crippen molar-refractivity contribution in [2.75, 3.05) is 20.3 Å². The topological polar surface area (TPSA) is 44.5 Å². The number of hydrogen-bond donors (Lipinski definition) is 1. The van der Waals surface area contributed by atoms with Gasteiger partial charge < -0.3 is 15.2 Å². The summed E-state index contributed by atoms with van der Waals surface area (Å²) < 4.78 is 11.5. The molecule has 0 radical (unpaired) electrons. The van der Waals surface area contributed by atoms with Gasteiger partial charge in [0.05, 0.1) is 18.2 Å². The summed E-state index contributed by atoms with van der Waals surface area (Å²) in [5.41, 5.74) is 5.34. The standard InChI is InChI=1S/C8H12BrNO2S/c1-11-8-6(9)5-7(13-8)12-4-2-3-10/h5H,2-4,10H2,1H3. The third kappa shape index (κ3) is 3.17. The summed E-state index contributed by atoms with van der Waals surface area (Å²) in [5, 5.41) is 1.69. The van der Waals surface area contributed by atoms with Crippen LogP contribution >= 0.6 is 27.3 Å². The molecule has 1 heterocycles. The molecule has 3 nitrogen and oxygen atoms in total. The maximum Gasteiger partial charge on any atom is 0.191 e. The Morgan fingerprint density at radius 1 is 1.62 bits per heavy atom. The number of hydrogen-bond acceptors (Lipinski definition) is 4. The Hall–Kier alpha value is -0.260. The number of halogens is 1. The average Bonchev–Trinajstić information content (AvgIpc) is 2.47. The van der Waals surface area contributed by atoms with E-state index in [1.54, 1.807) is 7.11 Å². The molecule has 0 spiro atoms. The van der Waals surface area contributed by atoms with Crippen LogP contribution in [0.1, 0.15) is 6.42 Å². The van der Waals surface area contributed by atoms with Crippen LogP contribution in [0.4, 0.5) is 0 Å². The lowest BCUT2D eigenvalue weighted by atomic mass is 10.5. The highest BCUT2D eigenvalue weighted by Gasteiger charge is 2.06. The van der Waals surface area contributed by atoms with E-state index in [1.807, 2.05) is 6.07 Å². The van der Waals surface area contributed by atoms with Gasteiger partial charge in [0.2, 0.25) is 0 Å². The van der Waals surface area contributed by atoms with Gasteiger partial charge in [0.15, 0.2) is 10.1 Å². The van der Waals surface area contributed by atoms with Crippen molar-refractivity contribution in [3.8, 4) is 10.1 Å². The molecule has 1 aromatic heterocycles. The van der Waals surface area contributed by atoms with Crippen molar-refractivity contribution in [1.82, 2.24) is 0 Å². The van der Waals surface area contributed by atoms with Crippen molar-refractivity contribution in [3.05, 3.63) is 10.5 Å². The number of rotatable bonds is 5. The van der Waals surface area contributed by atoms with E-state index in [9.17, 15) is 0 Å². The molecule has 2 N–H and O–H groups in total. The van der Waals surface area contributed by atoms with Crippen molar-refractivity contribution in [1.29, 1.82) is 0 Å². The van der Waals surface area contributed by atoms with Crippen molar-refractivity contribution < 1.29 is 9.47 Å². The van der Waals surface area contributed by atoms with E-state index in [0.717, 1.165) is 21.0 Å². The Morgan fingerprint density at radius 2 is 2.38 bits per heavy atom. The molecular formula is C8H12BrNO2S. The highest BCUT2D eigenvalue weighted by molar-refractivity contribution is 9.10. The van der Waals surface area contributed by atoms with Gasteiger partial charge in [-0.2, -0.15) is 0 Å². The molecule has 1 aromatic rings. The lowest BCUT2D eigenvalue weighted by Gasteiger charge is -1.99. The van der Waals surface area contributed by atoms with E-state index in [0.29, 0.717) is 13.2 Å². The van der Waals surface area contributed by atoms with Crippen LogP contribution in [0.25, 0.3) is 0 Å². The second kappa shape index (κ2) is 5.47. The fourth-order valence-electron chi connectivity index (χ4n) is 0.798. The van der Waals surface area contributed by atoms with Crippen LogP contribution in [-0.2, 0) is 0 Å². The smallest absolute Gasteiger partial charge is 0.191 e. The molecule has 0 aliphatic rings. The molecule has 5 heteroatoms. The van der Waals surface area contributed by atoms with E-state index in [2.05, 4.69) is 15.9 Å². The fourth-order valence-corrected chi connectivity index (χ4v) is 2.30. The molecule has 74 valence electrons. The minimum absolute atomic E-state index is 0.656. The third-order valence-corrected chi connectivity index (χ3v) is 3.27. The summed E-state index contributed by atoms with van der Waals surface area (Å²) in [6.45, 7) is 1.32. The van der Waals surface area contributed by atoms with Gasteiger partial charge in [-0.25, -0.2) is 0 Å². The molecule has 0 unspecified atom stereocenters. The minimum atomic E-state index is 0.656. The molecule has 1 rings (SSSR count). The second-order valence-electron chi connectivity index (χ2n) is 2.40. The van der Waals surface area contributed by atoms with Gasteiger partial charge in [-0.1, -0.05) is 11.3 Å². The summed E-state index contributed by atoms with van der Waals surface area (Å²) in [7, 11) is 1.64. The Morgan fingerprint density at radius 3 is 2.92 bits per heavy atom. The minimum Gasteiger partial charge on any atom is -0.486 e. The van der Waals surface area contributed by atoms with Gasteiger partial charge >= 0.3 is 0 Å². The molecule has 0 saturated heterocycles. The molecule has 13 heavy (non-hydrogen) atoms. The zero-order valence-electron chi connectivity index (χ0n) is 7.38. The molecule has 0 bridgehead atoms. The normalized spacial score (nSPS) is 10.1. The highest BCUT2D eigenvalue weighted by Crippen LogP contribution is 2.39. The van der Waals surface area contributed by atoms with Gasteiger partial charge in [-0.3, -0.25) is 0 Å². The van der Waals surface area contributed by atoms with Crippen LogP contribution in [0.5, 0.6) is 10.1 Å². The molecule has 0 aliphatic heterocycles.